The van der Waals surface area contributed by atoms with E-state index in [1.165, 1.54) is 0 Å². The first kappa shape index (κ1) is 14.7. The molecule has 1 atom stereocenters. The Hall–Kier alpha value is -1.32. The molecule has 0 saturated carbocycles. The van der Waals surface area contributed by atoms with Crippen molar-refractivity contribution < 1.29 is 4.79 Å². The highest BCUT2D eigenvalue weighted by Crippen LogP contribution is 2.22. The van der Waals surface area contributed by atoms with Crippen LogP contribution in [0.2, 0.25) is 0 Å². The fourth-order valence-electron chi connectivity index (χ4n) is 2.10. The number of hydrogen-bond acceptors (Lipinski definition) is 2. The van der Waals surface area contributed by atoms with E-state index in [2.05, 4.69) is 6.92 Å². The Balaban J connectivity index is 0.00000162. The van der Waals surface area contributed by atoms with Crippen LogP contribution in [0.15, 0.2) is 30.5 Å². The zero-order valence-electron chi connectivity index (χ0n) is 10.7. The molecular formula is C14H19ClN2O. The third-order valence-electron chi connectivity index (χ3n) is 3.14. The van der Waals surface area contributed by atoms with Crippen molar-refractivity contribution >= 4 is 29.2 Å². The Morgan fingerprint density at radius 3 is 2.67 bits per heavy atom. The molecule has 2 rings (SSSR count). The van der Waals surface area contributed by atoms with E-state index in [-0.39, 0.29) is 24.4 Å². The third kappa shape index (κ3) is 2.74. The Labute approximate surface area is 113 Å². The van der Waals surface area contributed by atoms with Gasteiger partial charge in [-0.05, 0) is 24.5 Å². The van der Waals surface area contributed by atoms with Gasteiger partial charge in [-0.3, -0.25) is 9.36 Å². The molecule has 3 nitrogen and oxygen atoms in total. The van der Waals surface area contributed by atoms with Gasteiger partial charge in [0.15, 0.2) is 0 Å². The van der Waals surface area contributed by atoms with Gasteiger partial charge in [-0.15, -0.1) is 12.4 Å². The summed E-state index contributed by atoms with van der Waals surface area (Å²) in [5, 5.41) is 1.13. The summed E-state index contributed by atoms with van der Waals surface area (Å²) in [7, 11) is 0. The van der Waals surface area contributed by atoms with Crippen LogP contribution in [0.3, 0.4) is 0 Å². The lowest BCUT2D eigenvalue weighted by atomic mass is 10.0. The van der Waals surface area contributed by atoms with E-state index in [1.807, 2.05) is 30.5 Å². The lowest BCUT2D eigenvalue weighted by Crippen LogP contribution is -2.21. The average Bonchev–Trinajstić information content (AvgIpc) is 2.68. The van der Waals surface area contributed by atoms with Gasteiger partial charge in [0, 0.05) is 24.5 Å². The normalized spacial score (nSPS) is 12.2. The largest absolute Gasteiger partial charge is 0.327 e. The molecule has 0 saturated heterocycles. The average molecular weight is 267 g/mol. The molecule has 0 bridgehead atoms. The number of rotatable bonds is 3. The molecule has 0 spiro atoms. The molecule has 0 radical (unpaired) electrons. The molecule has 98 valence electrons. The number of nitrogens with zero attached hydrogens (tertiary/aromatic N) is 1. The van der Waals surface area contributed by atoms with Gasteiger partial charge in [-0.25, -0.2) is 0 Å². The van der Waals surface area contributed by atoms with Crippen molar-refractivity contribution in [3.05, 3.63) is 36.0 Å². The van der Waals surface area contributed by atoms with Crippen LogP contribution in [0.1, 0.15) is 30.6 Å². The fraction of sp³-hybridized carbons (Fsp3) is 0.357. The van der Waals surface area contributed by atoms with Crippen LogP contribution < -0.4 is 5.73 Å². The maximum atomic E-state index is 11.6. The minimum Gasteiger partial charge on any atom is -0.327 e. The van der Waals surface area contributed by atoms with Crippen LogP contribution in [-0.2, 0) is 6.42 Å². The molecule has 0 aliphatic rings. The molecule has 2 N–H and O–H groups in total. The Bertz CT molecular complexity index is 548. The monoisotopic (exact) mass is 266 g/mol. The highest BCUT2D eigenvalue weighted by Gasteiger charge is 2.12. The molecule has 1 aromatic heterocycles. The summed E-state index contributed by atoms with van der Waals surface area (Å²) >= 11 is 0. The van der Waals surface area contributed by atoms with Gasteiger partial charge in [0.1, 0.15) is 0 Å². The summed E-state index contributed by atoms with van der Waals surface area (Å²) < 4.78 is 1.70. The molecule has 1 unspecified atom stereocenters. The minimum absolute atomic E-state index is 0. The summed E-state index contributed by atoms with van der Waals surface area (Å²) in [5.74, 6) is 0.0394. The van der Waals surface area contributed by atoms with Crippen molar-refractivity contribution in [2.75, 3.05) is 0 Å². The second-order valence-electron chi connectivity index (χ2n) is 4.43. The van der Waals surface area contributed by atoms with E-state index in [9.17, 15) is 4.79 Å². The lowest BCUT2D eigenvalue weighted by Gasteiger charge is -2.06. The SMILES string of the molecule is CCC(N)Cc1cn(C(C)=O)c2ccccc12.Cl. The molecule has 4 heteroatoms. The fourth-order valence-corrected chi connectivity index (χ4v) is 2.10. The van der Waals surface area contributed by atoms with Gasteiger partial charge in [-0.1, -0.05) is 25.1 Å². The zero-order chi connectivity index (χ0) is 12.4. The first-order valence-electron chi connectivity index (χ1n) is 5.99. The van der Waals surface area contributed by atoms with Crippen molar-refractivity contribution in [1.29, 1.82) is 0 Å². The van der Waals surface area contributed by atoms with Gasteiger partial charge in [0.25, 0.3) is 0 Å². The highest BCUT2D eigenvalue weighted by molar-refractivity contribution is 5.93. The van der Waals surface area contributed by atoms with Crippen LogP contribution in [0.25, 0.3) is 10.9 Å². The second-order valence-corrected chi connectivity index (χ2v) is 4.43. The number of nitrogens with two attached hydrogens (primary N) is 1. The predicted octanol–water partition coefficient (Wildman–Crippen LogP) is 3.00. The molecular weight excluding hydrogens is 248 g/mol. The number of aromatic nitrogens is 1. The summed E-state index contributed by atoms with van der Waals surface area (Å²) in [5.41, 5.74) is 8.12. The summed E-state index contributed by atoms with van der Waals surface area (Å²) in [6.07, 6.45) is 3.68. The molecule has 0 aliphatic carbocycles. The van der Waals surface area contributed by atoms with Gasteiger partial charge in [0.05, 0.1) is 5.52 Å². The number of carbonyl (C=O) groups is 1. The smallest absolute Gasteiger partial charge is 0.227 e. The van der Waals surface area contributed by atoms with Crippen molar-refractivity contribution in [2.45, 2.75) is 32.7 Å². The van der Waals surface area contributed by atoms with Crippen LogP contribution in [0, 0.1) is 0 Å². The van der Waals surface area contributed by atoms with Crippen LogP contribution >= 0.6 is 12.4 Å². The predicted molar refractivity (Wildman–Crippen MR) is 77.5 cm³/mol. The van der Waals surface area contributed by atoms with Crippen molar-refractivity contribution in [2.24, 2.45) is 5.73 Å². The van der Waals surface area contributed by atoms with Crippen molar-refractivity contribution in [1.82, 2.24) is 4.57 Å². The maximum Gasteiger partial charge on any atom is 0.227 e. The number of para-hydroxylation sites is 1. The van der Waals surface area contributed by atoms with Gasteiger partial charge >= 0.3 is 0 Å². The van der Waals surface area contributed by atoms with E-state index < -0.39 is 0 Å². The molecule has 0 fully saturated rings. The van der Waals surface area contributed by atoms with Gasteiger partial charge in [0.2, 0.25) is 5.91 Å². The number of carbonyl (C=O) groups excluding carboxylic acids is 1. The quantitative estimate of drug-likeness (QED) is 0.928. The van der Waals surface area contributed by atoms with E-state index in [0.29, 0.717) is 0 Å². The van der Waals surface area contributed by atoms with Crippen molar-refractivity contribution in [3.63, 3.8) is 0 Å². The van der Waals surface area contributed by atoms with E-state index in [0.717, 1.165) is 29.3 Å². The number of benzene rings is 1. The van der Waals surface area contributed by atoms with Crippen LogP contribution in [-0.4, -0.2) is 16.5 Å². The van der Waals surface area contributed by atoms with E-state index in [1.54, 1.807) is 11.5 Å². The summed E-state index contributed by atoms with van der Waals surface area (Å²) in [4.78, 5) is 11.6. The number of halogens is 1. The van der Waals surface area contributed by atoms with E-state index >= 15 is 0 Å². The van der Waals surface area contributed by atoms with E-state index in [4.69, 9.17) is 5.73 Å². The Morgan fingerprint density at radius 1 is 1.39 bits per heavy atom. The minimum atomic E-state index is 0. The summed E-state index contributed by atoms with van der Waals surface area (Å²) in [6.45, 7) is 3.66. The van der Waals surface area contributed by atoms with Crippen LogP contribution in [0.5, 0.6) is 0 Å². The van der Waals surface area contributed by atoms with Crippen molar-refractivity contribution in [3.8, 4) is 0 Å². The highest BCUT2D eigenvalue weighted by atomic mass is 35.5. The van der Waals surface area contributed by atoms with Gasteiger partial charge < -0.3 is 5.73 Å². The molecule has 1 aromatic carbocycles. The number of hydrogen-bond donors (Lipinski definition) is 1. The molecule has 2 aromatic rings. The Kier molecular flexibility index (Phi) is 4.93. The molecule has 1 heterocycles. The van der Waals surface area contributed by atoms with Crippen LogP contribution in [0.4, 0.5) is 0 Å². The zero-order valence-corrected chi connectivity index (χ0v) is 11.5. The lowest BCUT2D eigenvalue weighted by molar-refractivity contribution is 0.0941. The first-order chi connectivity index (χ1) is 8.13. The first-order valence-corrected chi connectivity index (χ1v) is 5.99. The topological polar surface area (TPSA) is 48.0 Å². The second kappa shape index (κ2) is 6.03. The van der Waals surface area contributed by atoms with Gasteiger partial charge in [-0.2, -0.15) is 0 Å². The maximum absolute atomic E-state index is 11.6. The molecule has 0 amide bonds. The standard InChI is InChI=1S/C14H18N2O.ClH/c1-3-12(15)8-11-9-16(10(2)17)14-7-5-4-6-13(11)14;/h4-7,9,12H,3,8,15H2,1-2H3;1H. The molecule has 18 heavy (non-hydrogen) atoms. The number of fused-ring (bicyclic) bond motifs is 1. The third-order valence-corrected chi connectivity index (χ3v) is 3.14. The summed E-state index contributed by atoms with van der Waals surface area (Å²) in [6, 6.07) is 8.12. The Morgan fingerprint density at radius 2 is 2.06 bits per heavy atom. The molecule has 0 aliphatic heterocycles.